The maximum atomic E-state index is 12.1. The van der Waals surface area contributed by atoms with Crippen molar-refractivity contribution < 1.29 is 9.53 Å². The first-order chi connectivity index (χ1) is 15.2. The fourth-order valence-electron chi connectivity index (χ4n) is 5.37. The van der Waals surface area contributed by atoms with Crippen LogP contribution in [0.1, 0.15) is 81.8 Å². The number of methoxy groups -OCH3 is 1. The summed E-state index contributed by atoms with van der Waals surface area (Å²) in [5.74, 6) is 1.63. The maximum Gasteiger partial charge on any atom is 0.337 e. The average molecular weight is 434 g/mol. The molecule has 3 aromatic rings. The van der Waals surface area contributed by atoms with Crippen molar-refractivity contribution in [2.45, 2.75) is 65.8 Å². The zero-order valence-corrected chi connectivity index (χ0v) is 20.1. The van der Waals surface area contributed by atoms with Crippen molar-refractivity contribution in [1.82, 2.24) is 9.55 Å². The molecule has 5 heteroatoms. The molecule has 0 amide bonds. The molecule has 1 saturated carbocycles. The van der Waals surface area contributed by atoms with E-state index in [-0.39, 0.29) is 11.4 Å². The molecule has 0 bridgehead atoms. The summed E-state index contributed by atoms with van der Waals surface area (Å²) < 4.78 is 7.27. The van der Waals surface area contributed by atoms with E-state index in [2.05, 4.69) is 68.8 Å². The Kier molecular flexibility index (Phi) is 6.02. The first kappa shape index (κ1) is 22.4. The highest BCUT2D eigenvalue weighted by atomic mass is 16.5. The lowest BCUT2D eigenvalue weighted by Crippen LogP contribution is -2.29. The molecule has 0 aliphatic heterocycles. The van der Waals surface area contributed by atoms with Crippen LogP contribution in [-0.2, 0) is 4.74 Å². The number of hydrogen-bond donors (Lipinski definition) is 1. The quantitative estimate of drug-likeness (QED) is 0.437. The third-order valence-electron chi connectivity index (χ3n) is 6.67. The number of carbonyl (C=O) groups is 1. The van der Waals surface area contributed by atoms with Crippen LogP contribution in [0.3, 0.4) is 0 Å². The van der Waals surface area contributed by atoms with Crippen LogP contribution in [0.4, 0.5) is 11.6 Å². The van der Waals surface area contributed by atoms with Gasteiger partial charge in [0.2, 0.25) is 5.95 Å². The van der Waals surface area contributed by atoms with Gasteiger partial charge >= 0.3 is 5.97 Å². The number of ether oxygens (including phenoxy) is 1. The molecule has 4 rings (SSSR count). The predicted molar refractivity (Wildman–Crippen MR) is 131 cm³/mol. The van der Waals surface area contributed by atoms with Crippen LogP contribution in [0.5, 0.6) is 0 Å². The molecule has 1 fully saturated rings. The standard InChI is InChI=1S/C27H35N3O2/c1-17(2)19-7-10-21(11-8-19)28-26-29-23-14-20(25(31)32-6)9-12-24(23)30(26)22-13-18(3)15-27(4,5)16-22/h7-12,14,17-18,22H,13,15-16H2,1-6H3,(H,28,29)/t18-,22+/m1/s1. The lowest BCUT2D eigenvalue weighted by Gasteiger charge is -2.40. The number of hydrogen-bond acceptors (Lipinski definition) is 4. The van der Waals surface area contributed by atoms with Crippen LogP contribution >= 0.6 is 0 Å². The summed E-state index contributed by atoms with van der Waals surface area (Å²) in [6.45, 7) is 11.5. The molecule has 1 N–H and O–H groups in total. The van der Waals surface area contributed by atoms with Crippen molar-refractivity contribution in [3.63, 3.8) is 0 Å². The summed E-state index contributed by atoms with van der Waals surface area (Å²) >= 11 is 0. The fraction of sp³-hybridized carbons (Fsp3) is 0.481. The van der Waals surface area contributed by atoms with Gasteiger partial charge in [0.25, 0.3) is 0 Å². The van der Waals surface area contributed by atoms with Crippen molar-refractivity contribution >= 4 is 28.6 Å². The summed E-state index contributed by atoms with van der Waals surface area (Å²) in [5, 5.41) is 3.57. The number of carbonyl (C=O) groups excluding carboxylic acids is 1. The second-order valence-corrected chi connectivity index (χ2v) is 10.5. The molecule has 0 spiro atoms. The van der Waals surface area contributed by atoms with Gasteiger partial charge in [0, 0.05) is 11.7 Å². The van der Waals surface area contributed by atoms with Crippen LogP contribution in [0.15, 0.2) is 42.5 Å². The minimum atomic E-state index is -0.340. The lowest BCUT2D eigenvalue weighted by atomic mass is 9.70. The summed E-state index contributed by atoms with van der Waals surface area (Å²) in [7, 11) is 1.41. The Hall–Kier alpha value is -2.82. The van der Waals surface area contributed by atoms with Gasteiger partial charge in [-0.1, -0.05) is 46.8 Å². The summed E-state index contributed by atoms with van der Waals surface area (Å²) in [6, 6.07) is 14.6. The molecule has 5 nitrogen and oxygen atoms in total. The molecule has 0 saturated heterocycles. The highest BCUT2D eigenvalue weighted by molar-refractivity contribution is 5.94. The van der Waals surface area contributed by atoms with Gasteiger partial charge in [-0.3, -0.25) is 0 Å². The van der Waals surface area contributed by atoms with E-state index in [0.29, 0.717) is 23.4 Å². The van der Waals surface area contributed by atoms with E-state index in [9.17, 15) is 4.79 Å². The van der Waals surface area contributed by atoms with Crippen LogP contribution in [0.25, 0.3) is 11.0 Å². The molecule has 0 radical (unpaired) electrons. The molecular weight excluding hydrogens is 398 g/mol. The topological polar surface area (TPSA) is 56.1 Å². The Morgan fingerprint density at radius 2 is 1.88 bits per heavy atom. The van der Waals surface area contributed by atoms with Crippen molar-refractivity contribution in [1.29, 1.82) is 0 Å². The van der Waals surface area contributed by atoms with E-state index < -0.39 is 0 Å². The molecule has 2 aromatic carbocycles. The SMILES string of the molecule is COC(=O)c1ccc2c(c1)nc(Nc1ccc(C(C)C)cc1)n2[C@H]1C[C@@H](C)CC(C)(C)C1. The van der Waals surface area contributed by atoms with E-state index in [0.717, 1.165) is 35.5 Å². The number of nitrogens with one attached hydrogen (secondary N) is 1. The zero-order chi connectivity index (χ0) is 23.0. The van der Waals surface area contributed by atoms with Gasteiger partial charge in [-0.15, -0.1) is 0 Å². The number of rotatable bonds is 5. The Morgan fingerprint density at radius 3 is 2.50 bits per heavy atom. The zero-order valence-electron chi connectivity index (χ0n) is 20.1. The van der Waals surface area contributed by atoms with Crippen molar-refractivity contribution in [2.75, 3.05) is 12.4 Å². The Labute approximate surface area is 191 Å². The molecule has 0 unspecified atom stereocenters. The largest absolute Gasteiger partial charge is 0.465 e. The second kappa shape index (κ2) is 8.61. The number of imidazole rings is 1. The van der Waals surface area contributed by atoms with E-state index in [1.807, 2.05) is 18.2 Å². The normalized spacial score (nSPS) is 20.5. The first-order valence-electron chi connectivity index (χ1n) is 11.6. The number of aromatic nitrogens is 2. The summed E-state index contributed by atoms with van der Waals surface area (Å²) in [4.78, 5) is 17.0. The van der Waals surface area contributed by atoms with E-state index in [1.165, 1.54) is 19.1 Å². The van der Waals surface area contributed by atoms with Gasteiger partial charge < -0.3 is 14.6 Å². The number of nitrogens with zero attached hydrogens (tertiary/aromatic N) is 2. The van der Waals surface area contributed by atoms with Gasteiger partial charge in [-0.25, -0.2) is 9.78 Å². The highest BCUT2D eigenvalue weighted by Gasteiger charge is 2.34. The molecule has 2 atom stereocenters. The molecule has 1 aliphatic carbocycles. The van der Waals surface area contributed by atoms with E-state index in [4.69, 9.17) is 9.72 Å². The fourth-order valence-corrected chi connectivity index (χ4v) is 5.37. The van der Waals surface area contributed by atoms with Gasteiger partial charge in [-0.05, 0) is 72.4 Å². The molecule has 1 aliphatic rings. The Morgan fingerprint density at radius 1 is 1.16 bits per heavy atom. The first-order valence-corrected chi connectivity index (χ1v) is 11.6. The number of esters is 1. The van der Waals surface area contributed by atoms with Gasteiger partial charge in [0.15, 0.2) is 0 Å². The van der Waals surface area contributed by atoms with Gasteiger partial charge in [0.05, 0.1) is 23.7 Å². The minimum Gasteiger partial charge on any atom is -0.465 e. The van der Waals surface area contributed by atoms with E-state index >= 15 is 0 Å². The smallest absolute Gasteiger partial charge is 0.337 e. The number of fused-ring (bicyclic) bond motifs is 1. The third kappa shape index (κ3) is 4.52. The maximum absolute atomic E-state index is 12.1. The van der Waals surface area contributed by atoms with Gasteiger partial charge in [-0.2, -0.15) is 0 Å². The average Bonchev–Trinajstić information content (AvgIpc) is 3.09. The van der Waals surface area contributed by atoms with Crippen LogP contribution < -0.4 is 5.32 Å². The monoisotopic (exact) mass is 433 g/mol. The van der Waals surface area contributed by atoms with E-state index in [1.54, 1.807) is 0 Å². The Bertz CT molecular complexity index is 1110. The predicted octanol–water partition coefficient (Wildman–Crippen LogP) is 7.08. The van der Waals surface area contributed by atoms with Crippen molar-refractivity contribution in [3.8, 4) is 0 Å². The van der Waals surface area contributed by atoms with Crippen LogP contribution in [0.2, 0.25) is 0 Å². The minimum absolute atomic E-state index is 0.279. The highest BCUT2D eigenvalue weighted by Crippen LogP contribution is 2.46. The molecular formula is C27H35N3O2. The number of benzene rings is 2. The van der Waals surface area contributed by atoms with Crippen molar-refractivity contribution in [2.24, 2.45) is 11.3 Å². The molecule has 32 heavy (non-hydrogen) atoms. The summed E-state index contributed by atoms with van der Waals surface area (Å²) in [6.07, 6.45) is 3.46. The van der Waals surface area contributed by atoms with Crippen LogP contribution in [0, 0.1) is 11.3 Å². The number of anilines is 2. The Balaban J connectivity index is 1.78. The third-order valence-corrected chi connectivity index (χ3v) is 6.67. The van der Waals surface area contributed by atoms with Gasteiger partial charge in [0.1, 0.15) is 0 Å². The molecule has 1 aromatic heterocycles. The second-order valence-electron chi connectivity index (χ2n) is 10.5. The van der Waals surface area contributed by atoms with Crippen molar-refractivity contribution in [3.05, 3.63) is 53.6 Å². The molecule has 170 valence electrons. The summed E-state index contributed by atoms with van der Waals surface area (Å²) in [5.41, 5.74) is 4.99. The molecule has 1 heterocycles. The van der Waals surface area contributed by atoms with Crippen LogP contribution in [-0.4, -0.2) is 22.6 Å². The lowest BCUT2D eigenvalue weighted by molar-refractivity contribution is 0.0601.